The topological polar surface area (TPSA) is 106 Å². The first-order valence-corrected chi connectivity index (χ1v) is 10.3. The van der Waals surface area contributed by atoms with Gasteiger partial charge in [0, 0.05) is 30.9 Å². The highest BCUT2D eigenvalue weighted by Crippen LogP contribution is 2.32. The maximum Gasteiger partial charge on any atom is 0.280 e. The molecule has 3 rings (SSSR count). The van der Waals surface area contributed by atoms with Crippen LogP contribution < -0.4 is 14.8 Å². The van der Waals surface area contributed by atoms with Crippen LogP contribution in [-0.2, 0) is 22.1 Å². The number of hydrogen-bond acceptors (Lipinski definition) is 5. The number of nitrogens with zero attached hydrogens (tertiary/aromatic N) is 3. The molecule has 9 nitrogen and oxygen atoms in total. The molecule has 152 valence electrons. The van der Waals surface area contributed by atoms with Gasteiger partial charge in [-0.25, -0.2) is 0 Å². The highest BCUT2D eigenvalue weighted by atomic mass is 35.5. The molecule has 2 heterocycles. The van der Waals surface area contributed by atoms with Crippen LogP contribution in [0.2, 0.25) is 5.02 Å². The second-order valence-corrected chi connectivity index (χ2v) is 8.82. The molecule has 2 atom stereocenters. The highest BCUT2D eigenvalue weighted by Gasteiger charge is 2.41. The van der Waals surface area contributed by atoms with Crippen LogP contribution >= 0.6 is 11.6 Å². The van der Waals surface area contributed by atoms with E-state index in [2.05, 4.69) is 15.1 Å². The van der Waals surface area contributed by atoms with E-state index in [1.165, 1.54) is 14.2 Å². The van der Waals surface area contributed by atoms with Gasteiger partial charge in [0.25, 0.3) is 10.2 Å². The minimum absolute atomic E-state index is 0.247. The number of hydrogen-bond donors (Lipinski definition) is 2. The molecule has 2 N–H and O–H groups in total. The summed E-state index contributed by atoms with van der Waals surface area (Å²) < 4.78 is 35.7. The van der Waals surface area contributed by atoms with Crippen LogP contribution in [-0.4, -0.2) is 48.6 Å². The Kier molecular flexibility index (Phi) is 5.67. The number of carbonyl (C=O) groups excluding carboxylic acids is 1. The van der Waals surface area contributed by atoms with Gasteiger partial charge in [-0.15, -0.1) is 0 Å². The SMILES string of the molecule is COc1ccc(Cl)cc1NC(=O)C1CC(c2cn(C)nc2C)NS(=O)(=O)N1C. The fourth-order valence-electron chi connectivity index (χ4n) is 3.27. The Labute approximate surface area is 168 Å². The number of aryl methyl sites for hydroxylation is 2. The Morgan fingerprint density at radius 1 is 1.39 bits per heavy atom. The number of anilines is 1. The zero-order chi connectivity index (χ0) is 20.6. The summed E-state index contributed by atoms with van der Waals surface area (Å²) in [6.45, 7) is 1.80. The Bertz CT molecular complexity index is 1010. The summed E-state index contributed by atoms with van der Waals surface area (Å²) in [5, 5.41) is 7.41. The van der Waals surface area contributed by atoms with Crippen molar-refractivity contribution in [2.45, 2.75) is 25.4 Å². The molecule has 0 aliphatic carbocycles. The van der Waals surface area contributed by atoms with Gasteiger partial charge in [0.15, 0.2) is 0 Å². The van der Waals surface area contributed by atoms with Crippen LogP contribution in [0, 0.1) is 6.92 Å². The molecule has 1 fully saturated rings. The van der Waals surface area contributed by atoms with Gasteiger partial charge in [0.05, 0.1) is 24.5 Å². The van der Waals surface area contributed by atoms with Gasteiger partial charge in [-0.3, -0.25) is 9.48 Å². The van der Waals surface area contributed by atoms with Crippen LogP contribution in [0.15, 0.2) is 24.4 Å². The summed E-state index contributed by atoms with van der Waals surface area (Å²) >= 11 is 6.01. The Morgan fingerprint density at radius 3 is 2.71 bits per heavy atom. The Hall–Kier alpha value is -2.14. The van der Waals surface area contributed by atoms with Gasteiger partial charge in [-0.05, 0) is 31.5 Å². The molecule has 1 aromatic heterocycles. The van der Waals surface area contributed by atoms with E-state index >= 15 is 0 Å². The quantitative estimate of drug-likeness (QED) is 0.771. The van der Waals surface area contributed by atoms with Crippen LogP contribution in [0.1, 0.15) is 23.7 Å². The average molecular weight is 428 g/mol. The first-order chi connectivity index (χ1) is 13.1. The molecule has 28 heavy (non-hydrogen) atoms. The Balaban J connectivity index is 1.90. The average Bonchev–Trinajstić information content (AvgIpc) is 2.95. The summed E-state index contributed by atoms with van der Waals surface area (Å²) in [6.07, 6.45) is 2.00. The van der Waals surface area contributed by atoms with E-state index in [0.29, 0.717) is 22.2 Å². The summed E-state index contributed by atoms with van der Waals surface area (Å²) in [6, 6.07) is 3.34. The first kappa shape index (κ1) is 20.6. The molecule has 11 heteroatoms. The molecule has 1 amide bonds. The fourth-order valence-corrected chi connectivity index (χ4v) is 4.70. The third-order valence-electron chi connectivity index (χ3n) is 4.72. The van der Waals surface area contributed by atoms with Crippen molar-refractivity contribution >= 4 is 33.4 Å². The van der Waals surface area contributed by atoms with Gasteiger partial charge >= 0.3 is 0 Å². The lowest BCUT2D eigenvalue weighted by molar-refractivity contribution is -0.120. The second kappa shape index (κ2) is 7.70. The molecule has 1 aliphatic rings. The first-order valence-electron chi connectivity index (χ1n) is 8.52. The molecule has 1 saturated heterocycles. The smallest absolute Gasteiger partial charge is 0.280 e. The predicted molar refractivity (Wildman–Crippen MR) is 106 cm³/mol. The van der Waals surface area contributed by atoms with E-state index in [1.54, 1.807) is 43.0 Å². The molecular weight excluding hydrogens is 406 g/mol. The molecule has 1 aliphatic heterocycles. The largest absolute Gasteiger partial charge is 0.495 e. The van der Waals surface area contributed by atoms with E-state index in [4.69, 9.17) is 16.3 Å². The number of nitrogens with one attached hydrogen (secondary N) is 2. The minimum Gasteiger partial charge on any atom is -0.495 e. The number of ether oxygens (including phenoxy) is 1. The standard InChI is InChI=1S/C17H22ClN5O4S/c1-10-12(9-22(2)20-10)13-8-15(23(3)28(25,26)21-13)17(24)19-14-7-11(18)5-6-16(14)27-4/h5-7,9,13,15,21H,8H2,1-4H3,(H,19,24). The predicted octanol–water partition coefficient (Wildman–Crippen LogP) is 1.61. The van der Waals surface area contributed by atoms with Crippen LogP contribution in [0.3, 0.4) is 0 Å². The van der Waals surface area contributed by atoms with E-state index in [9.17, 15) is 13.2 Å². The second-order valence-electron chi connectivity index (χ2n) is 6.62. The fraction of sp³-hybridized carbons (Fsp3) is 0.412. The summed E-state index contributed by atoms with van der Waals surface area (Å²) in [7, 11) is 0.754. The maximum atomic E-state index is 12.9. The number of rotatable bonds is 4. The molecule has 0 saturated carbocycles. The number of aromatic nitrogens is 2. The van der Waals surface area contributed by atoms with Crippen LogP contribution in [0.4, 0.5) is 5.69 Å². The summed E-state index contributed by atoms with van der Waals surface area (Å²) in [4.78, 5) is 12.9. The van der Waals surface area contributed by atoms with Gasteiger partial charge in [0.2, 0.25) is 5.91 Å². The number of amides is 1. The molecule has 0 radical (unpaired) electrons. The van der Waals surface area contributed by atoms with Crippen molar-refractivity contribution in [3.05, 3.63) is 40.7 Å². The van der Waals surface area contributed by atoms with Crippen molar-refractivity contribution in [1.29, 1.82) is 0 Å². The zero-order valence-corrected chi connectivity index (χ0v) is 17.5. The summed E-state index contributed by atoms with van der Waals surface area (Å²) in [5.41, 5.74) is 1.81. The van der Waals surface area contributed by atoms with Crippen molar-refractivity contribution in [3.8, 4) is 5.75 Å². The Morgan fingerprint density at radius 2 is 2.11 bits per heavy atom. The number of benzene rings is 1. The number of carbonyl (C=O) groups is 1. The van der Waals surface area contributed by atoms with E-state index in [1.807, 2.05) is 0 Å². The highest BCUT2D eigenvalue weighted by molar-refractivity contribution is 7.87. The summed E-state index contributed by atoms with van der Waals surface area (Å²) in [5.74, 6) is -0.0449. The van der Waals surface area contributed by atoms with Crippen molar-refractivity contribution in [3.63, 3.8) is 0 Å². The lowest BCUT2D eigenvalue weighted by atomic mass is 10.00. The van der Waals surface area contributed by atoms with Gasteiger partial charge < -0.3 is 10.1 Å². The van der Waals surface area contributed by atoms with Gasteiger partial charge in [-0.2, -0.15) is 22.5 Å². The third kappa shape index (κ3) is 4.00. The monoisotopic (exact) mass is 427 g/mol. The third-order valence-corrected chi connectivity index (χ3v) is 6.55. The number of halogens is 1. The van der Waals surface area contributed by atoms with E-state index < -0.39 is 28.2 Å². The van der Waals surface area contributed by atoms with Crippen LogP contribution in [0.5, 0.6) is 5.75 Å². The zero-order valence-electron chi connectivity index (χ0n) is 15.9. The van der Waals surface area contributed by atoms with E-state index in [0.717, 1.165) is 9.87 Å². The minimum atomic E-state index is -3.85. The maximum absolute atomic E-state index is 12.9. The lowest BCUT2D eigenvalue weighted by Gasteiger charge is -2.36. The molecule has 2 unspecified atom stereocenters. The van der Waals surface area contributed by atoms with Crippen molar-refractivity contribution in [1.82, 2.24) is 18.8 Å². The van der Waals surface area contributed by atoms with Crippen molar-refractivity contribution in [2.75, 3.05) is 19.5 Å². The molecule has 0 spiro atoms. The molecule has 2 aromatic rings. The molecule has 0 bridgehead atoms. The molecular formula is C17H22ClN5O4S. The molecule has 1 aromatic carbocycles. The van der Waals surface area contributed by atoms with Crippen LogP contribution in [0.25, 0.3) is 0 Å². The lowest BCUT2D eigenvalue weighted by Crippen LogP contribution is -2.56. The van der Waals surface area contributed by atoms with Gasteiger partial charge in [-0.1, -0.05) is 11.6 Å². The number of methoxy groups -OCH3 is 1. The van der Waals surface area contributed by atoms with E-state index in [-0.39, 0.29) is 6.42 Å². The number of likely N-dealkylation sites (N-methyl/N-ethyl adjacent to an activating group) is 1. The van der Waals surface area contributed by atoms with Gasteiger partial charge in [0.1, 0.15) is 11.8 Å². The normalized spacial score (nSPS) is 22.0. The van der Waals surface area contributed by atoms with Crippen molar-refractivity contribution < 1.29 is 17.9 Å². The van der Waals surface area contributed by atoms with Crippen molar-refractivity contribution in [2.24, 2.45) is 7.05 Å².